The van der Waals surface area contributed by atoms with Crippen LogP contribution in [0.1, 0.15) is 37.0 Å². The standard InChI is InChI=1S/C29H31Cl2FN2O2S/c1-3-20(2)33-29(36)27(16-21-10-5-4-6-11-21)34(17-22-12-7-8-13-24(22)30)28(35)19-37-18-23-25(31)14-9-15-26(23)32/h4-15,20,27H,3,16-19H2,1-2H3,(H,33,36)/t20-,27+/m1/s1. The fraction of sp³-hybridized carbons (Fsp3) is 0.310. The van der Waals surface area contributed by atoms with Crippen molar-refractivity contribution in [3.63, 3.8) is 0 Å². The molecule has 0 spiro atoms. The van der Waals surface area contributed by atoms with Crippen LogP contribution >= 0.6 is 35.0 Å². The molecule has 2 atom stereocenters. The Balaban J connectivity index is 1.89. The predicted octanol–water partition coefficient (Wildman–Crippen LogP) is 6.92. The molecule has 4 nitrogen and oxygen atoms in total. The van der Waals surface area contributed by atoms with Gasteiger partial charge in [-0.05, 0) is 42.7 Å². The molecule has 3 aromatic carbocycles. The Kier molecular flexibility index (Phi) is 11.3. The van der Waals surface area contributed by atoms with Gasteiger partial charge in [0.05, 0.1) is 5.75 Å². The number of hydrogen-bond donors (Lipinski definition) is 1. The van der Waals surface area contributed by atoms with E-state index in [0.717, 1.165) is 17.5 Å². The van der Waals surface area contributed by atoms with E-state index in [1.165, 1.54) is 17.8 Å². The van der Waals surface area contributed by atoms with Gasteiger partial charge in [0.15, 0.2) is 0 Å². The molecule has 1 N–H and O–H groups in total. The van der Waals surface area contributed by atoms with Gasteiger partial charge in [-0.15, -0.1) is 11.8 Å². The van der Waals surface area contributed by atoms with E-state index in [-0.39, 0.29) is 35.9 Å². The van der Waals surface area contributed by atoms with E-state index >= 15 is 0 Å². The van der Waals surface area contributed by atoms with Gasteiger partial charge in [-0.2, -0.15) is 0 Å². The second-order valence-electron chi connectivity index (χ2n) is 8.83. The van der Waals surface area contributed by atoms with Crippen LogP contribution in [0.3, 0.4) is 0 Å². The third-order valence-corrected chi connectivity index (χ3v) is 7.77. The number of halogens is 3. The average Bonchev–Trinajstić information content (AvgIpc) is 2.89. The molecule has 0 aliphatic carbocycles. The first-order chi connectivity index (χ1) is 17.8. The molecule has 0 saturated heterocycles. The fourth-order valence-electron chi connectivity index (χ4n) is 3.80. The van der Waals surface area contributed by atoms with Crippen molar-refractivity contribution < 1.29 is 14.0 Å². The van der Waals surface area contributed by atoms with Crippen LogP contribution in [-0.2, 0) is 28.3 Å². The molecule has 0 aliphatic rings. The summed E-state index contributed by atoms with van der Waals surface area (Å²) in [5, 5.41) is 3.89. The van der Waals surface area contributed by atoms with E-state index in [0.29, 0.717) is 22.0 Å². The number of hydrogen-bond acceptors (Lipinski definition) is 3. The molecule has 0 bridgehead atoms. The first kappa shape index (κ1) is 29.0. The van der Waals surface area contributed by atoms with Gasteiger partial charge in [-0.25, -0.2) is 4.39 Å². The lowest BCUT2D eigenvalue weighted by molar-refractivity contribution is -0.139. The van der Waals surface area contributed by atoms with Gasteiger partial charge in [-0.3, -0.25) is 9.59 Å². The van der Waals surface area contributed by atoms with E-state index < -0.39 is 11.9 Å². The van der Waals surface area contributed by atoms with Crippen LogP contribution in [0.5, 0.6) is 0 Å². The minimum atomic E-state index is -0.752. The lowest BCUT2D eigenvalue weighted by Crippen LogP contribution is -2.52. The number of carbonyl (C=O) groups is 2. The van der Waals surface area contributed by atoms with Crippen LogP contribution in [0.25, 0.3) is 0 Å². The lowest BCUT2D eigenvalue weighted by Gasteiger charge is -2.32. The fourth-order valence-corrected chi connectivity index (χ4v) is 5.24. The van der Waals surface area contributed by atoms with Gasteiger partial charge in [0.1, 0.15) is 11.9 Å². The number of rotatable bonds is 12. The number of benzene rings is 3. The molecule has 0 aliphatic heterocycles. The average molecular weight is 562 g/mol. The van der Waals surface area contributed by atoms with Crippen molar-refractivity contribution in [1.29, 1.82) is 0 Å². The molecule has 0 heterocycles. The molecule has 196 valence electrons. The van der Waals surface area contributed by atoms with Crippen LogP contribution in [0.2, 0.25) is 10.0 Å². The van der Waals surface area contributed by atoms with Crippen molar-refractivity contribution in [1.82, 2.24) is 10.2 Å². The van der Waals surface area contributed by atoms with Crippen LogP contribution < -0.4 is 5.32 Å². The molecule has 8 heteroatoms. The van der Waals surface area contributed by atoms with E-state index in [2.05, 4.69) is 5.32 Å². The highest BCUT2D eigenvalue weighted by molar-refractivity contribution is 7.99. The summed E-state index contributed by atoms with van der Waals surface area (Å²) < 4.78 is 14.2. The highest BCUT2D eigenvalue weighted by atomic mass is 35.5. The highest BCUT2D eigenvalue weighted by Crippen LogP contribution is 2.26. The molecule has 3 rings (SSSR count). The van der Waals surface area contributed by atoms with Gasteiger partial charge >= 0.3 is 0 Å². The molecular formula is C29H31Cl2FN2O2S. The van der Waals surface area contributed by atoms with Gasteiger partial charge in [-0.1, -0.05) is 84.7 Å². The van der Waals surface area contributed by atoms with Crippen LogP contribution in [-0.4, -0.2) is 34.6 Å². The second kappa shape index (κ2) is 14.4. The first-order valence-electron chi connectivity index (χ1n) is 12.2. The lowest BCUT2D eigenvalue weighted by atomic mass is 10.0. The topological polar surface area (TPSA) is 49.4 Å². The maximum atomic E-state index is 14.2. The third-order valence-electron chi connectivity index (χ3n) is 6.10. The molecule has 0 unspecified atom stereocenters. The number of nitrogens with one attached hydrogen (secondary N) is 1. The summed E-state index contributed by atoms with van der Waals surface area (Å²) in [4.78, 5) is 28.8. The zero-order valence-electron chi connectivity index (χ0n) is 20.9. The largest absolute Gasteiger partial charge is 0.352 e. The molecule has 0 radical (unpaired) electrons. The molecule has 2 amide bonds. The molecule has 37 heavy (non-hydrogen) atoms. The van der Waals surface area contributed by atoms with Gasteiger partial charge in [0.2, 0.25) is 11.8 Å². The first-order valence-corrected chi connectivity index (χ1v) is 14.1. The molecule has 0 saturated carbocycles. The Labute approximate surface area is 232 Å². The minimum absolute atomic E-state index is 0.0411. The van der Waals surface area contributed by atoms with Crippen LogP contribution in [0.4, 0.5) is 4.39 Å². The van der Waals surface area contributed by atoms with Crippen molar-refractivity contribution in [2.45, 2.75) is 51.1 Å². The van der Waals surface area contributed by atoms with Gasteiger partial charge in [0, 0.05) is 40.4 Å². The second-order valence-corrected chi connectivity index (χ2v) is 10.6. The maximum Gasteiger partial charge on any atom is 0.243 e. The summed E-state index contributed by atoms with van der Waals surface area (Å²) in [7, 11) is 0. The van der Waals surface area contributed by atoms with Crippen LogP contribution in [0, 0.1) is 5.82 Å². The number of carbonyl (C=O) groups excluding carboxylic acids is 2. The number of amides is 2. The number of nitrogens with zero attached hydrogens (tertiary/aromatic N) is 1. The normalized spacial score (nSPS) is 12.6. The molecule has 0 fully saturated rings. The smallest absolute Gasteiger partial charge is 0.243 e. The van der Waals surface area contributed by atoms with Crippen molar-refractivity contribution in [2.75, 3.05) is 5.75 Å². The van der Waals surface area contributed by atoms with Crippen LogP contribution in [0.15, 0.2) is 72.8 Å². The quantitative estimate of drug-likeness (QED) is 0.261. The third kappa shape index (κ3) is 8.49. The van der Waals surface area contributed by atoms with Crippen molar-refractivity contribution in [3.8, 4) is 0 Å². The van der Waals surface area contributed by atoms with Gasteiger partial charge in [0.25, 0.3) is 0 Å². The minimum Gasteiger partial charge on any atom is -0.352 e. The SMILES string of the molecule is CC[C@@H](C)NC(=O)[C@H](Cc1ccccc1)N(Cc1ccccc1Cl)C(=O)CSCc1c(F)cccc1Cl. The summed E-state index contributed by atoms with van der Waals surface area (Å²) in [5.41, 5.74) is 2.04. The zero-order chi connectivity index (χ0) is 26.8. The summed E-state index contributed by atoms with van der Waals surface area (Å²) in [6.45, 7) is 4.10. The maximum absolute atomic E-state index is 14.2. The van der Waals surface area contributed by atoms with E-state index in [1.54, 1.807) is 23.1 Å². The molecular weight excluding hydrogens is 530 g/mol. The van der Waals surface area contributed by atoms with Crippen molar-refractivity contribution >= 4 is 46.8 Å². The van der Waals surface area contributed by atoms with Crippen molar-refractivity contribution in [3.05, 3.63) is 105 Å². The molecule has 0 aromatic heterocycles. The Morgan fingerprint density at radius 2 is 1.65 bits per heavy atom. The van der Waals surface area contributed by atoms with E-state index in [1.807, 2.05) is 62.4 Å². The summed E-state index contributed by atoms with van der Waals surface area (Å²) in [6, 6.07) is 20.6. The summed E-state index contributed by atoms with van der Waals surface area (Å²) in [6.07, 6.45) is 1.12. The van der Waals surface area contributed by atoms with E-state index in [9.17, 15) is 14.0 Å². The zero-order valence-corrected chi connectivity index (χ0v) is 23.3. The highest BCUT2D eigenvalue weighted by Gasteiger charge is 2.31. The molecule has 3 aromatic rings. The Morgan fingerprint density at radius 3 is 2.32 bits per heavy atom. The monoisotopic (exact) mass is 560 g/mol. The number of thioether (sulfide) groups is 1. The summed E-state index contributed by atoms with van der Waals surface area (Å²) >= 11 is 13.9. The Morgan fingerprint density at radius 1 is 0.973 bits per heavy atom. The predicted molar refractivity (Wildman–Crippen MR) is 151 cm³/mol. The van der Waals surface area contributed by atoms with Crippen molar-refractivity contribution in [2.24, 2.45) is 0 Å². The Bertz CT molecular complexity index is 1180. The van der Waals surface area contributed by atoms with Gasteiger partial charge < -0.3 is 10.2 Å². The summed E-state index contributed by atoms with van der Waals surface area (Å²) in [5.74, 6) is -0.579. The van der Waals surface area contributed by atoms with E-state index in [4.69, 9.17) is 23.2 Å². The Hall–Kier alpha value is -2.54.